The van der Waals surface area contributed by atoms with Gasteiger partial charge < -0.3 is 0 Å². The molecular formula is C18H26O. The van der Waals surface area contributed by atoms with Crippen LogP contribution in [-0.4, -0.2) is 5.78 Å². The van der Waals surface area contributed by atoms with E-state index in [4.69, 9.17) is 0 Å². The molecular weight excluding hydrogens is 232 g/mol. The molecule has 0 spiro atoms. The van der Waals surface area contributed by atoms with Gasteiger partial charge in [-0.05, 0) is 24.8 Å². The van der Waals surface area contributed by atoms with Crippen molar-refractivity contribution in [3.8, 4) is 0 Å². The summed E-state index contributed by atoms with van der Waals surface area (Å²) < 4.78 is 0. The lowest BCUT2D eigenvalue weighted by Crippen LogP contribution is -2.01. The highest BCUT2D eigenvalue weighted by Crippen LogP contribution is 2.19. The number of rotatable bonds is 9. The molecule has 0 N–H and O–H groups in total. The van der Waals surface area contributed by atoms with E-state index < -0.39 is 0 Å². The molecule has 1 rings (SSSR count). The number of unbranched alkanes of at least 4 members (excludes halogenated alkanes) is 4. The minimum absolute atomic E-state index is 0.282. The number of carbonyl (C=O) groups is 1. The Labute approximate surface area is 117 Å². The smallest absolute Gasteiger partial charge is 0.163 e. The van der Waals surface area contributed by atoms with Crippen molar-refractivity contribution in [3.05, 3.63) is 42.0 Å². The third-order valence-electron chi connectivity index (χ3n) is 3.27. The lowest BCUT2D eigenvalue weighted by molar-refractivity contribution is -0.113. The van der Waals surface area contributed by atoms with Gasteiger partial charge in [-0.25, -0.2) is 0 Å². The molecule has 0 aliphatic rings. The van der Waals surface area contributed by atoms with Crippen LogP contribution in [0.4, 0.5) is 0 Å². The van der Waals surface area contributed by atoms with E-state index in [1.54, 1.807) is 0 Å². The molecule has 0 unspecified atom stereocenters. The number of hydrogen-bond donors (Lipinski definition) is 0. The Morgan fingerprint density at radius 3 is 2.37 bits per heavy atom. The SMILES string of the molecule is CCCCCC/C=C(/C(=O)CCC)c1ccccc1. The van der Waals surface area contributed by atoms with Gasteiger partial charge in [0.1, 0.15) is 0 Å². The Balaban J connectivity index is 2.70. The number of carbonyl (C=O) groups excluding carboxylic acids is 1. The van der Waals surface area contributed by atoms with Crippen LogP contribution >= 0.6 is 0 Å². The minimum atomic E-state index is 0.282. The maximum absolute atomic E-state index is 12.2. The molecule has 1 heteroatoms. The first-order chi connectivity index (χ1) is 9.29. The monoisotopic (exact) mass is 258 g/mol. The first-order valence-electron chi connectivity index (χ1n) is 7.58. The molecule has 0 bridgehead atoms. The molecule has 0 saturated heterocycles. The summed E-state index contributed by atoms with van der Waals surface area (Å²) in [6, 6.07) is 10.1. The van der Waals surface area contributed by atoms with Crippen molar-refractivity contribution < 1.29 is 4.79 Å². The third kappa shape index (κ3) is 5.87. The van der Waals surface area contributed by atoms with E-state index in [2.05, 4.69) is 19.9 Å². The Kier molecular flexibility index (Phi) is 7.88. The lowest BCUT2D eigenvalue weighted by Gasteiger charge is -2.06. The molecule has 0 aliphatic heterocycles. The zero-order valence-corrected chi connectivity index (χ0v) is 12.3. The van der Waals surface area contributed by atoms with Gasteiger partial charge in [0.25, 0.3) is 0 Å². The normalized spacial score (nSPS) is 11.6. The maximum atomic E-state index is 12.2. The predicted octanol–water partition coefficient (Wildman–Crippen LogP) is 5.41. The highest BCUT2D eigenvalue weighted by Gasteiger charge is 2.09. The summed E-state index contributed by atoms with van der Waals surface area (Å²) in [5.74, 6) is 0.282. The van der Waals surface area contributed by atoms with Crippen LogP contribution in [0, 0.1) is 0 Å². The predicted molar refractivity (Wildman–Crippen MR) is 83.1 cm³/mol. The molecule has 0 radical (unpaired) electrons. The molecule has 1 nitrogen and oxygen atoms in total. The second kappa shape index (κ2) is 9.55. The molecule has 0 aliphatic carbocycles. The minimum Gasteiger partial charge on any atom is -0.294 e. The van der Waals surface area contributed by atoms with Gasteiger partial charge in [0, 0.05) is 12.0 Å². The van der Waals surface area contributed by atoms with Crippen molar-refractivity contribution in [2.75, 3.05) is 0 Å². The van der Waals surface area contributed by atoms with Crippen molar-refractivity contribution in [2.24, 2.45) is 0 Å². The highest BCUT2D eigenvalue weighted by atomic mass is 16.1. The van der Waals surface area contributed by atoms with E-state index in [1.165, 1.54) is 25.7 Å². The molecule has 1 aromatic rings. The number of hydrogen-bond acceptors (Lipinski definition) is 1. The van der Waals surface area contributed by atoms with Gasteiger partial charge in [-0.1, -0.05) is 69.5 Å². The molecule has 0 heterocycles. The molecule has 104 valence electrons. The summed E-state index contributed by atoms with van der Waals surface area (Å²) in [6.07, 6.45) is 9.71. The average Bonchev–Trinajstić information content (AvgIpc) is 2.44. The molecule has 1 aromatic carbocycles. The summed E-state index contributed by atoms with van der Waals surface area (Å²) in [4.78, 5) is 12.2. The lowest BCUT2D eigenvalue weighted by atomic mass is 9.97. The van der Waals surface area contributed by atoms with Crippen LogP contribution in [0.25, 0.3) is 5.57 Å². The van der Waals surface area contributed by atoms with Crippen molar-refractivity contribution in [1.29, 1.82) is 0 Å². The topological polar surface area (TPSA) is 17.1 Å². The van der Waals surface area contributed by atoms with Crippen LogP contribution in [0.5, 0.6) is 0 Å². The fourth-order valence-electron chi connectivity index (χ4n) is 2.19. The summed E-state index contributed by atoms with van der Waals surface area (Å²) in [5, 5.41) is 0. The highest BCUT2D eigenvalue weighted by molar-refractivity contribution is 6.20. The summed E-state index contributed by atoms with van der Waals surface area (Å²) in [7, 11) is 0. The van der Waals surface area contributed by atoms with Gasteiger partial charge in [-0.2, -0.15) is 0 Å². The van der Waals surface area contributed by atoms with Gasteiger partial charge in [0.2, 0.25) is 0 Å². The Hall–Kier alpha value is -1.37. The average molecular weight is 258 g/mol. The Morgan fingerprint density at radius 2 is 1.74 bits per heavy atom. The molecule has 0 fully saturated rings. The van der Waals surface area contributed by atoms with Gasteiger partial charge in [0.15, 0.2) is 5.78 Å². The van der Waals surface area contributed by atoms with E-state index in [0.29, 0.717) is 6.42 Å². The molecule has 0 saturated carbocycles. The van der Waals surface area contributed by atoms with Crippen LogP contribution in [0.1, 0.15) is 64.4 Å². The molecule has 0 aromatic heterocycles. The van der Waals surface area contributed by atoms with Crippen LogP contribution in [0.15, 0.2) is 36.4 Å². The number of allylic oxidation sites excluding steroid dienone is 2. The molecule has 19 heavy (non-hydrogen) atoms. The van der Waals surface area contributed by atoms with Crippen molar-refractivity contribution in [1.82, 2.24) is 0 Å². The van der Waals surface area contributed by atoms with Gasteiger partial charge in [0.05, 0.1) is 0 Å². The van der Waals surface area contributed by atoms with E-state index in [-0.39, 0.29) is 5.78 Å². The number of benzene rings is 1. The first-order valence-corrected chi connectivity index (χ1v) is 7.58. The van der Waals surface area contributed by atoms with Crippen LogP contribution in [0.2, 0.25) is 0 Å². The number of ketones is 1. The van der Waals surface area contributed by atoms with Gasteiger partial charge >= 0.3 is 0 Å². The summed E-state index contributed by atoms with van der Waals surface area (Å²) in [5.41, 5.74) is 1.98. The largest absolute Gasteiger partial charge is 0.294 e. The van der Waals surface area contributed by atoms with E-state index >= 15 is 0 Å². The Morgan fingerprint density at radius 1 is 1.00 bits per heavy atom. The second-order valence-corrected chi connectivity index (χ2v) is 5.01. The van der Waals surface area contributed by atoms with Crippen molar-refractivity contribution >= 4 is 11.4 Å². The van der Waals surface area contributed by atoms with E-state index in [9.17, 15) is 4.79 Å². The Bertz CT molecular complexity index is 389. The molecule has 0 amide bonds. The fraction of sp³-hybridized carbons (Fsp3) is 0.500. The third-order valence-corrected chi connectivity index (χ3v) is 3.27. The zero-order valence-electron chi connectivity index (χ0n) is 12.3. The number of Topliss-reactive ketones (excluding diaryl/α,β-unsaturated/α-hetero) is 1. The first kappa shape index (κ1) is 15.7. The standard InChI is InChI=1S/C18H26O/c1-3-5-6-7-11-15-17(18(19)12-4-2)16-13-9-8-10-14-16/h8-10,13-15H,3-7,11-12H2,1-2H3/b17-15+. The second-order valence-electron chi connectivity index (χ2n) is 5.01. The van der Waals surface area contributed by atoms with Gasteiger partial charge in [-0.3, -0.25) is 4.79 Å². The van der Waals surface area contributed by atoms with Crippen LogP contribution < -0.4 is 0 Å². The van der Waals surface area contributed by atoms with Crippen LogP contribution in [0.3, 0.4) is 0 Å². The molecule has 0 atom stereocenters. The van der Waals surface area contributed by atoms with Gasteiger partial charge in [-0.15, -0.1) is 0 Å². The van der Waals surface area contributed by atoms with Crippen LogP contribution in [-0.2, 0) is 4.79 Å². The maximum Gasteiger partial charge on any atom is 0.163 e. The zero-order chi connectivity index (χ0) is 13.9. The van der Waals surface area contributed by atoms with E-state index in [1.807, 2.05) is 30.3 Å². The summed E-state index contributed by atoms with van der Waals surface area (Å²) >= 11 is 0. The van der Waals surface area contributed by atoms with Crippen molar-refractivity contribution in [3.63, 3.8) is 0 Å². The fourth-order valence-corrected chi connectivity index (χ4v) is 2.19. The van der Waals surface area contributed by atoms with E-state index in [0.717, 1.165) is 24.0 Å². The van der Waals surface area contributed by atoms with Crippen molar-refractivity contribution in [2.45, 2.75) is 58.8 Å². The summed E-state index contributed by atoms with van der Waals surface area (Å²) in [6.45, 7) is 4.28. The quantitative estimate of drug-likeness (QED) is 0.427.